The first-order valence-electron chi connectivity index (χ1n) is 8.70. The predicted molar refractivity (Wildman–Crippen MR) is 96.9 cm³/mol. The van der Waals surface area contributed by atoms with Gasteiger partial charge in [0.05, 0.1) is 17.5 Å². The zero-order chi connectivity index (χ0) is 18.7. The maximum absolute atomic E-state index is 13.1. The Labute approximate surface area is 157 Å². The molecule has 0 unspecified atom stereocenters. The van der Waals surface area contributed by atoms with Gasteiger partial charge < -0.3 is 14.2 Å². The van der Waals surface area contributed by atoms with E-state index in [1.54, 1.807) is 30.9 Å². The fraction of sp³-hybridized carbons (Fsp3) is 0.421. The third-order valence-electron chi connectivity index (χ3n) is 4.53. The molecule has 1 aliphatic rings. The second kappa shape index (κ2) is 7.91. The first-order chi connectivity index (χ1) is 12.5. The number of carbonyl (C=O) groups excluding carboxylic acids is 2. The monoisotopic (exact) mass is 376 g/mol. The molecule has 3 rings (SSSR count). The topological polar surface area (TPSA) is 72.6 Å². The number of amides is 1. The van der Waals surface area contributed by atoms with Gasteiger partial charge in [-0.05, 0) is 32.8 Å². The largest absolute Gasteiger partial charge is 0.466 e. The van der Waals surface area contributed by atoms with Gasteiger partial charge >= 0.3 is 5.97 Å². The Morgan fingerprint density at radius 1 is 1.38 bits per heavy atom. The summed E-state index contributed by atoms with van der Waals surface area (Å²) in [5, 5.41) is 4.55. The summed E-state index contributed by atoms with van der Waals surface area (Å²) in [6.45, 7) is 4.74. The van der Waals surface area contributed by atoms with E-state index in [0.717, 1.165) is 12.8 Å². The van der Waals surface area contributed by atoms with E-state index in [2.05, 4.69) is 5.16 Å². The minimum atomic E-state index is -0.295. The number of nitrogens with zero attached hydrogens (tertiary/aromatic N) is 2. The van der Waals surface area contributed by atoms with Crippen molar-refractivity contribution in [3.8, 4) is 11.3 Å². The minimum absolute atomic E-state index is 0.201. The lowest BCUT2D eigenvalue weighted by molar-refractivity contribution is -0.149. The number of likely N-dealkylation sites (tertiary alicyclic amines) is 1. The van der Waals surface area contributed by atoms with E-state index in [9.17, 15) is 9.59 Å². The van der Waals surface area contributed by atoms with Gasteiger partial charge in [0.15, 0.2) is 0 Å². The molecule has 1 amide bonds. The van der Waals surface area contributed by atoms with Crippen molar-refractivity contribution in [3.63, 3.8) is 0 Å². The molecule has 1 aliphatic heterocycles. The Kier molecular flexibility index (Phi) is 5.61. The Bertz CT molecular complexity index is 818. The van der Waals surface area contributed by atoms with Gasteiger partial charge in [0.25, 0.3) is 5.91 Å². The zero-order valence-corrected chi connectivity index (χ0v) is 15.6. The third-order valence-corrected chi connectivity index (χ3v) is 4.86. The summed E-state index contributed by atoms with van der Waals surface area (Å²) in [6.07, 6.45) is 1.48. The van der Waals surface area contributed by atoms with Crippen molar-refractivity contribution in [1.29, 1.82) is 0 Å². The number of hydrogen-bond acceptors (Lipinski definition) is 5. The highest BCUT2D eigenvalue weighted by Gasteiger charge is 2.33. The van der Waals surface area contributed by atoms with E-state index < -0.39 is 0 Å². The molecule has 2 aromatic rings. The van der Waals surface area contributed by atoms with Crippen molar-refractivity contribution in [2.75, 3.05) is 19.7 Å². The molecule has 0 saturated carbocycles. The number of ether oxygens (including phenoxy) is 1. The predicted octanol–water partition coefficient (Wildman–Crippen LogP) is 3.72. The number of carbonyl (C=O) groups is 2. The van der Waals surface area contributed by atoms with Gasteiger partial charge in [-0.2, -0.15) is 0 Å². The van der Waals surface area contributed by atoms with Crippen molar-refractivity contribution < 1.29 is 18.8 Å². The molecule has 1 aromatic carbocycles. The van der Waals surface area contributed by atoms with Gasteiger partial charge in [0, 0.05) is 18.7 Å². The second-order valence-corrected chi connectivity index (χ2v) is 6.69. The van der Waals surface area contributed by atoms with E-state index in [1.807, 2.05) is 12.1 Å². The van der Waals surface area contributed by atoms with Crippen LogP contribution in [0.1, 0.15) is 35.9 Å². The van der Waals surface area contributed by atoms with Gasteiger partial charge in [-0.3, -0.25) is 9.59 Å². The molecule has 138 valence electrons. The van der Waals surface area contributed by atoms with Crippen molar-refractivity contribution in [2.24, 2.45) is 5.92 Å². The number of aryl methyl sites for hydroxylation is 1. The van der Waals surface area contributed by atoms with E-state index in [4.69, 9.17) is 20.9 Å². The zero-order valence-electron chi connectivity index (χ0n) is 14.8. The van der Waals surface area contributed by atoms with Crippen molar-refractivity contribution in [1.82, 2.24) is 10.1 Å². The molecule has 1 saturated heterocycles. The molecular weight excluding hydrogens is 356 g/mol. The van der Waals surface area contributed by atoms with Crippen LogP contribution in [0, 0.1) is 12.8 Å². The summed E-state index contributed by atoms with van der Waals surface area (Å²) in [4.78, 5) is 26.9. The van der Waals surface area contributed by atoms with Gasteiger partial charge in [-0.25, -0.2) is 0 Å². The molecule has 7 heteroatoms. The van der Waals surface area contributed by atoms with Crippen molar-refractivity contribution >= 4 is 23.5 Å². The van der Waals surface area contributed by atoms with E-state index >= 15 is 0 Å². The summed E-state index contributed by atoms with van der Waals surface area (Å²) in [5.41, 5.74) is 1.47. The Morgan fingerprint density at radius 2 is 2.15 bits per heavy atom. The average molecular weight is 377 g/mol. The molecule has 0 N–H and O–H groups in total. The molecule has 6 nitrogen and oxygen atoms in total. The molecule has 1 fully saturated rings. The molecule has 1 atom stereocenters. The summed E-state index contributed by atoms with van der Waals surface area (Å²) in [5.74, 6) is -0.314. The number of benzene rings is 1. The van der Waals surface area contributed by atoms with Gasteiger partial charge in [0.1, 0.15) is 17.0 Å². The van der Waals surface area contributed by atoms with Crippen LogP contribution in [0.2, 0.25) is 5.02 Å². The smallest absolute Gasteiger partial charge is 0.310 e. The molecule has 0 radical (unpaired) electrons. The SMILES string of the molecule is CCOC(=O)[C@H]1CCCN(C(=O)c2c(-c3ccccc3Cl)noc2C)C1. The summed E-state index contributed by atoms with van der Waals surface area (Å²) >= 11 is 6.26. The van der Waals surface area contributed by atoms with Crippen LogP contribution in [-0.2, 0) is 9.53 Å². The first kappa shape index (κ1) is 18.5. The Hall–Kier alpha value is -2.34. The maximum atomic E-state index is 13.1. The van der Waals surface area contributed by atoms with Crippen LogP contribution in [0.4, 0.5) is 0 Å². The highest BCUT2D eigenvalue weighted by molar-refractivity contribution is 6.33. The Balaban J connectivity index is 1.88. The first-order valence-corrected chi connectivity index (χ1v) is 9.07. The molecule has 0 spiro atoms. The normalized spacial score (nSPS) is 17.2. The molecule has 1 aromatic heterocycles. The van der Waals surface area contributed by atoms with Crippen LogP contribution < -0.4 is 0 Å². The number of esters is 1. The van der Waals surface area contributed by atoms with Crippen LogP contribution in [0.15, 0.2) is 28.8 Å². The minimum Gasteiger partial charge on any atom is -0.466 e. The van der Waals surface area contributed by atoms with E-state index in [1.165, 1.54) is 0 Å². The van der Waals surface area contributed by atoms with Gasteiger partial charge in [-0.15, -0.1) is 0 Å². The Morgan fingerprint density at radius 3 is 2.88 bits per heavy atom. The fourth-order valence-electron chi connectivity index (χ4n) is 3.23. The van der Waals surface area contributed by atoms with Crippen molar-refractivity contribution in [3.05, 3.63) is 40.6 Å². The highest BCUT2D eigenvalue weighted by atomic mass is 35.5. The lowest BCUT2D eigenvalue weighted by atomic mass is 9.96. The fourth-order valence-corrected chi connectivity index (χ4v) is 3.46. The molecule has 2 heterocycles. The standard InChI is InChI=1S/C19H21ClN2O4/c1-3-25-19(24)13-7-6-10-22(11-13)18(23)16-12(2)26-21-17(16)14-8-4-5-9-15(14)20/h4-5,8-9,13H,3,6-7,10-11H2,1-2H3/t13-/m0/s1. The summed E-state index contributed by atoms with van der Waals surface area (Å²) in [7, 11) is 0. The van der Waals surface area contributed by atoms with Crippen LogP contribution in [-0.4, -0.2) is 41.6 Å². The number of piperidine rings is 1. The van der Waals surface area contributed by atoms with Gasteiger partial charge in [-0.1, -0.05) is 35.0 Å². The lowest BCUT2D eigenvalue weighted by Crippen LogP contribution is -2.43. The number of hydrogen-bond donors (Lipinski definition) is 0. The number of rotatable bonds is 4. The average Bonchev–Trinajstić information content (AvgIpc) is 3.03. The maximum Gasteiger partial charge on any atom is 0.310 e. The van der Waals surface area contributed by atoms with E-state index in [-0.39, 0.29) is 17.8 Å². The lowest BCUT2D eigenvalue weighted by Gasteiger charge is -2.31. The van der Waals surface area contributed by atoms with Crippen LogP contribution >= 0.6 is 11.6 Å². The van der Waals surface area contributed by atoms with Crippen LogP contribution in [0.25, 0.3) is 11.3 Å². The van der Waals surface area contributed by atoms with Gasteiger partial charge in [0.2, 0.25) is 0 Å². The van der Waals surface area contributed by atoms with Crippen molar-refractivity contribution in [2.45, 2.75) is 26.7 Å². The number of halogens is 1. The van der Waals surface area contributed by atoms with Crippen LogP contribution in [0.3, 0.4) is 0 Å². The molecule has 0 aliphatic carbocycles. The molecule has 0 bridgehead atoms. The van der Waals surface area contributed by atoms with E-state index in [0.29, 0.717) is 47.3 Å². The summed E-state index contributed by atoms with van der Waals surface area (Å²) < 4.78 is 10.4. The second-order valence-electron chi connectivity index (χ2n) is 6.28. The summed E-state index contributed by atoms with van der Waals surface area (Å²) in [6, 6.07) is 7.19. The highest BCUT2D eigenvalue weighted by Crippen LogP contribution is 2.32. The quantitative estimate of drug-likeness (QED) is 0.760. The molecular formula is C19H21ClN2O4. The third kappa shape index (κ3) is 3.60. The molecule has 26 heavy (non-hydrogen) atoms. The van der Waals surface area contributed by atoms with Crippen LogP contribution in [0.5, 0.6) is 0 Å². The number of aromatic nitrogens is 1.